The van der Waals surface area contributed by atoms with Crippen LogP contribution < -0.4 is 9.34 Å². The lowest BCUT2D eigenvalue weighted by Crippen LogP contribution is -2.39. The number of benzene rings is 3. The number of fused-ring (bicyclic) bond motifs is 1. The topological polar surface area (TPSA) is 122 Å². The van der Waals surface area contributed by atoms with E-state index in [0.29, 0.717) is 14.7 Å². The molecule has 10 heteroatoms. The van der Waals surface area contributed by atoms with Crippen LogP contribution in [0.5, 0.6) is 0 Å². The lowest BCUT2D eigenvalue weighted by atomic mass is 10.0. The van der Waals surface area contributed by atoms with Crippen LogP contribution in [0, 0.1) is 13.8 Å². The zero-order chi connectivity index (χ0) is 25.4. The third-order valence-corrected chi connectivity index (χ3v) is 9.70. The van der Waals surface area contributed by atoms with Crippen molar-refractivity contribution in [2.45, 2.75) is 18.7 Å². The maximum atomic E-state index is 13.5. The Balaban J connectivity index is 1.94. The maximum absolute atomic E-state index is 13.5. The van der Waals surface area contributed by atoms with Crippen LogP contribution in [0.15, 0.2) is 86.9 Å². The average Bonchev–Trinajstić information content (AvgIpc) is 2.79. The molecular formula is C25H23NO7S2. The van der Waals surface area contributed by atoms with E-state index < -0.39 is 38.0 Å². The summed E-state index contributed by atoms with van der Waals surface area (Å²) >= 11 is 0. The summed E-state index contributed by atoms with van der Waals surface area (Å²) in [6.45, 7) is 2.86. The number of hydrogen-bond acceptors (Lipinski definition) is 7. The van der Waals surface area contributed by atoms with Crippen molar-refractivity contribution in [1.29, 1.82) is 0 Å². The van der Waals surface area contributed by atoms with Crippen LogP contribution in [0.1, 0.15) is 11.1 Å². The first-order chi connectivity index (χ1) is 16.5. The molecule has 1 heterocycles. The van der Waals surface area contributed by atoms with Gasteiger partial charge in [-0.3, -0.25) is 0 Å². The molecule has 4 aromatic rings. The molecule has 0 bridgehead atoms. The number of hydrogen-bond donors (Lipinski definition) is 1. The van der Waals surface area contributed by atoms with Gasteiger partial charge in [-0.25, -0.2) is 21.6 Å². The number of aliphatic hydroxyl groups is 1. The Kier molecular flexibility index (Phi) is 6.54. The molecule has 0 spiro atoms. The van der Waals surface area contributed by atoms with Crippen molar-refractivity contribution in [2.75, 3.05) is 16.1 Å². The van der Waals surface area contributed by atoms with Crippen molar-refractivity contribution in [3.05, 3.63) is 94.3 Å². The van der Waals surface area contributed by atoms with Crippen molar-refractivity contribution in [3.63, 3.8) is 0 Å². The van der Waals surface area contributed by atoms with Gasteiger partial charge in [-0.05, 0) is 61.4 Å². The Morgan fingerprint density at radius 1 is 0.857 bits per heavy atom. The number of nitrogens with zero attached hydrogens (tertiary/aromatic N) is 1. The number of rotatable bonds is 7. The van der Waals surface area contributed by atoms with Crippen LogP contribution in [0.2, 0.25) is 0 Å². The lowest BCUT2D eigenvalue weighted by molar-refractivity contribution is 0.319. The van der Waals surface area contributed by atoms with Gasteiger partial charge in [0.25, 0.3) is 20.0 Å². The smallest absolute Gasteiger partial charge is 0.344 e. The predicted octanol–water partition coefficient (Wildman–Crippen LogP) is 3.59. The van der Waals surface area contributed by atoms with Gasteiger partial charge in [-0.15, -0.1) is 0 Å². The van der Waals surface area contributed by atoms with E-state index in [-0.39, 0.29) is 21.7 Å². The minimum atomic E-state index is -4.55. The van der Waals surface area contributed by atoms with E-state index in [0.717, 1.165) is 11.1 Å². The van der Waals surface area contributed by atoms with Crippen molar-refractivity contribution in [3.8, 4) is 11.1 Å². The quantitative estimate of drug-likeness (QED) is 0.375. The van der Waals surface area contributed by atoms with Gasteiger partial charge in [-0.2, -0.15) is 3.71 Å². The first-order valence-corrected chi connectivity index (χ1v) is 13.7. The van der Waals surface area contributed by atoms with Gasteiger partial charge in [-0.1, -0.05) is 42.0 Å². The van der Waals surface area contributed by atoms with Gasteiger partial charge in [0, 0.05) is 5.39 Å². The first-order valence-electron chi connectivity index (χ1n) is 10.6. The summed E-state index contributed by atoms with van der Waals surface area (Å²) in [6, 6.07) is 18.5. The number of aryl methyl sites for hydroxylation is 2. The highest BCUT2D eigenvalue weighted by molar-refractivity contribution is 8.10. The fourth-order valence-corrected chi connectivity index (χ4v) is 7.31. The normalized spacial score (nSPS) is 12.1. The van der Waals surface area contributed by atoms with Crippen molar-refractivity contribution in [2.24, 2.45) is 0 Å². The van der Waals surface area contributed by atoms with Gasteiger partial charge >= 0.3 is 5.63 Å². The van der Waals surface area contributed by atoms with Gasteiger partial charge in [0.05, 0.1) is 28.5 Å². The fraction of sp³-hybridized carbons (Fsp3) is 0.160. The van der Waals surface area contributed by atoms with E-state index in [1.165, 1.54) is 30.3 Å². The molecule has 0 unspecified atom stereocenters. The van der Waals surface area contributed by atoms with E-state index in [2.05, 4.69) is 0 Å². The molecule has 0 radical (unpaired) electrons. The van der Waals surface area contributed by atoms with Crippen LogP contribution in [0.3, 0.4) is 0 Å². The van der Waals surface area contributed by atoms with Crippen LogP contribution in [0.25, 0.3) is 22.1 Å². The highest BCUT2D eigenvalue weighted by Gasteiger charge is 2.35. The molecule has 0 saturated heterocycles. The van der Waals surface area contributed by atoms with Gasteiger partial charge < -0.3 is 9.52 Å². The predicted molar refractivity (Wildman–Crippen MR) is 134 cm³/mol. The summed E-state index contributed by atoms with van der Waals surface area (Å²) in [5, 5.41) is 9.65. The molecule has 4 rings (SSSR count). The van der Waals surface area contributed by atoms with Gasteiger partial charge in [0.2, 0.25) is 0 Å². The van der Waals surface area contributed by atoms with Gasteiger partial charge in [0.15, 0.2) is 0 Å². The van der Waals surface area contributed by atoms with Crippen molar-refractivity contribution < 1.29 is 26.4 Å². The minimum absolute atomic E-state index is 0.170. The third kappa shape index (κ3) is 4.72. The van der Waals surface area contributed by atoms with Crippen LogP contribution in [-0.4, -0.2) is 34.3 Å². The summed E-state index contributed by atoms with van der Waals surface area (Å²) in [7, 11) is -9.04. The molecule has 0 fully saturated rings. The average molecular weight is 514 g/mol. The Bertz CT molecular complexity index is 1670. The molecular weight excluding hydrogens is 490 g/mol. The highest BCUT2D eigenvalue weighted by atomic mass is 32.3. The highest BCUT2D eigenvalue weighted by Crippen LogP contribution is 2.32. The molecule has 0 aliphatic carbocycles. The van der Waals surface area contributed by atoms with Crippen LogP contribution in [-0.2, 0) is 20.0 Å². The second-order valence-corrected chi connectivity index (χ2v) is 12.0. The van der Waals surface area contributed by atoms with E-state index in [1.54, 1.807) is 37.3 Å². The fourth-order valence-electron chi connectivity index (χ4n) is 3.74. The lowest BCUT2D eigenvalue weighted by Gasteiger charge is -2.24. The van der Waals surface area contributed by atoms with Crippen molar-refractivity contribution >= 4 is 36.7 Å². The maximum Gasteiger partial charge on any atom is 0.344 e. The Morgan fingerprint density at radius 2 is 1.54 bits per heavy atom. The van der Waals surface area contributed by atoms with Crippen molar-refractivity contribution in [1.82, 2.24) is 0 Å². The van der Waals surface area contributed by atoms with Crippen LogP contribution >= 0.6 is 0 Å². The SMILES string of the molecule is Cc1ccc(S(=O)(=O)N(c2ccc3oc(=O)c(-c4ccccc4C)cc3c2)S(=O)(=O)CCO)cc1. The summed E-state index contributed by atoms with van der Waals surface area (Å²) in [6.07, 6.45) is 0. The second-order valence-electron chi connectivity index (χ2n) is 8.04. The number of aliphatic hydroxyl groups excluding tert-OH is 1. The monoisotopic (exact) mass is 513 g/mol. The third-order valence-electron chi connectivity index (χ3n) is 5.50. The summed E-state index contributed by atoms with van der Waals surface area (Å²) in [4.78, 5) is 12.4. The summed E-state index contributed by atoms with van der Waals surface area (Å²) in [5.41, 5.74) is 1.98. The standard InChI is InChI=1S/C25H23NO7S2/c1-17-7-10-21(11-8-17)35(31,32)26(34(29,30)14-13-27)20-9-12-24-19(15-20)16-23(25(28)33-24)22-6-4-3-5-18(22)2/h3-12,15-16,27H,13-14H2,1-2H3. The Labute approximate surface area is 203 Å². The largest absolute Gasteiger partial charge is 0.422 e. The summed E-state index contributed by atoms with van der Waals surface area (Å²) in [5.74, 6) is -0.797. The van der Waals surface area contributed by atoms with E-state index in [1.807, 2.05) is 19.1 Å². The van der Waals surface area contributed by atoms with E-state index >= 15 is 0 Å². The molecule has 35 heavy (non-hydrogen) atoms. The zero-order valence-corrected chi connectivity index (χ0v) is 20.6. The van der Waals surface area contributed by atoms with E-state index in [4.69, 9.17) is 4.42 Å². The molecule has 0 amide bonds. The first kappa shape index (κ1) is 24.6. The molecule has 1 N–H and O–H groups in total. The Morgan fingerprint density at radius 3 is 2.20 bits per heavy atom. The zero-order valence-electron chi connectivity index (χ0n) is 19.0. The number of sulfonamides is 2. The Hall–Kier alpha value is -3.47. The molecule has 1 aromatic heterocycles. The second kappa shape index (κ2) is 9.29. The van der Waals surface area contributed by atoms with Gasteiger partial charge in [0.1, 0.15) is 5.58 Å². The molecule has 0 aliphatic rings. The molecule has 0 saturated carbocycles. The molecule has 182 valence electrons. The number of anilines is 1. The minimum Gasteiger partial charge on any atom is -0.422 e. The van der Waals surface area contributed by atoms with Crippen LogP contribution in [0.4, 0.5) is 5.69 Å². The molecule has 0 aliphatic heterocycles. The van der Waals surface area contributed by atoms with E-state index in [9.17, 15) is 26.7 Å². The summed E-state index contributed by atoms with van der Waals surface area (Å²) < 4.78 is 58.8. The molecule has 8 nitrogen and oxygen atoms in total. The molecule has 0 atom stereocenters. The molecule has 3 aromatic carbocycles.